The van der Waals surface area contributed by atoms with Gasteiger partial charge >= 0.3 is 0 Å². The second-order valence-electron chi connectivity index (χ2n) is 3.53. The summed E-state index contributed by atoms with van der Waals surface area (Å²) in [5.41, 5.74) is 0.273. The van der Waals surface area contributed by atoms with Crippen LogP contribution in [0.2, 0.25) is 0 Å². The van der Waals surface area contributed by atoms with E-state index in [4.69, 9.17) is 0 Å². The van der Waals surface area contributed by atoms with Crippen LogP contribution in [0.25, 0.3) is 0 Å². The van der Waals surface area contributed by atoms with Crippen LogP contribution in [-0.2, 0) is 4.79 Å². The Bertz CT molecular complexity index is 349. The van der Waals surface area contributed by atoms with E-state index in [-0.39, 0.29) is 22.7 Å². The predicted octanol–water partition coefficient (Wildman–Crippen LogP) is 3.08. The summed E-state index contributed by atoms with van der Waals surface area (Å²) >= 11 is 0.330. The lowest BCUT2D eigenvalue weighted by Gasteiger charge is -2.20. The highest BCUT2D eigenvalue weighted by Crippen LogP contribution is 2.42. The fourth-order valence-corrected chi connectivity index (χ4v) is 2.75. The number of fused-ring (bicyclic) bond motifs is 1. The van der Waals surface area contributed by atoms with Crippen molar-refractivity contribution in [2.75, 3.05) is 0 Å². The summed E-state index contributed by atoms with van der Waals surface area (Å²) in [7, 11) is 0. The van der Waals surface area contributed by atoms with Gasteiger partial charge < -0.3 is 0 Å². The Morgan fingerprint density at radius 1 is 1.47 bits per heavy atom. The van der Waals surface area contributed by atoms with Gasteiger partial charge in [-0.15, -0.1) is 0 Å². The van der Waals surface area contributed by atoms with Crippen molar-refractivity contribution in [2.24, 2.45) is 5.92 Å². The van der Waals surface area contributed by atoms with Crippen LogP contribution in [0.15, 0.2) is 22.6 Å². The van der Waals surface area contributed by atoms with Crippen molar-refractivity contribution in [3.63, 3.8) is 0 Å². The van der Waals surface area contributed by atoms with Gasteiger partial charge in [-0.05, 0) is 18.6 Å². The van der Waals surface area contributed by atoms with Gasteiger partial charge in [0.15, 0.2) is 5.78 Å². The smallest absolute Gasteiger partial charge is 0.288 e. The number of rotatable bonds is 2. The monoisotopic (exact) mass is 234 g/mol. The van der Waals surface area contributed by atoms with E-state index in [0.29, 0.717) is 18.2 Å². The van der Waals surface area contributed by atoms with E-state index in [1.165, 1.54) is 12.2 Å². The van der Waals surface area contributed by atoms with Gasteiger partial charge in [-0.1, -0.05) is 11.8 Å². The number of Topliss-reactive ketones (excluding diaryl/α,β-unsaturated/α-hetero) is 1. The molecule has 0 N–H and O–H groups in total. The molecule has 2 unspecified atom stereocenters. The molecule has 2 rings (SSSR count). The lowest BCUT2D eigenvalue weighted by atomic mass is 9.92. The van der Waals surface area contributed by atoms with Crippen LogP contribution in [-0.4, -0.2) is 17.7 Å². The molecule has 0 aromatic rings. The first-order valence-electron chi connectivity index (χ1n) is 4.64. The van der Waals surface area contributed by atoms with Gasteiger partial charge in [0.25, 0.3) is 5.76 Å². The molecule has 5 heteroatoms. The van der Waals surface area contributed by atoms with E-state index in [9.17, 15) is 18.0 Å². The molecule has 1 nitrogen and oxygen atoms in total. The normalized spacial score (nSPS) is 30.3. The Balaban J connectivity index is 2.33. The second-order valence-corrected chi connectivity index (χ2v) is 4.56. The average Bonchev–Trinajstić information content (AvgIpc) is 2.54. The van der Waals surface area contributed by atoms with Crippen LogP contribution in [0.5, 0.6) is 0 Å². The van der Waals surface area contributed by atoms with Gasteiger partial charge in [0, 0.05) is 22.8 Å². The SMILES string of the molecule is O=C1CCC2C1=C(SC(F)F)C=CC2F. The van der Waals surface area contributed by atoms with Gasteiger partial charge in [0.05, 0.1) is 0 Å². The maximum atomic E-state index is 13.4. The highest BCUT2D eigenvalue weighted by Gasteiger charge is 2.38. The van der Waals surface area contributed by atoms with Crippen molar-refractivity contribution in [3.05, 3.63) is 22.6 Å². The molecule has 2 aliphatic carbocycles. The van der Waals surface area contributed by atoms with E-state index in [0.717, 1.165) is 0 Å². The van der Waals surface area contributed by atoms with Crippen molar-refractivity contribution >= 4 is 17.5 Å². The largest absolute Gasteiger partial charge is 0.294 e. The van der Waals surface area contributed by atoms with Gasteiger partial charge in [0.1, 0.15) is 6.17 Å². The molecular weight excluding hydrogens is 225 g/mol. The van der Waals surface area contributed by atoms with Crippen LogP contribution in [0, 0.1) is 5.92 Å². The number of carbonyl (C=O) groups excluding carboxylic acids is 1. The highest BCUT2D eigenvalue weighted by molar-refractivity contribution is 8.03. The molecule has 15 heavy (non-hydrogen) atoms. The second kappa shape index (κ2) is 4.04. The molecule has 0 saturated heterocycles. The molecule has 0 radical (unpaired) electrons. The average molecular weight is 234 g/mol. The Morgan fingerprint density at radius 2 is 2.20 bits per heavy atom. The van der Waals surface area contributed by atoms with Crippen molar-refractivity contribution in [1.82, 2.24) is 0 Å². The third-order valence-electron chi connectivity index (χ3n) is 2.65. The van der Waals surface area contributed by atoms with Crippen LogP contribution < -0.4 is 0 Å². The predicted molar refractivity (Wildman–Crippen MR) is 52.4 cm³/mol. The Hall–Kier alpha value is -0.710. The zero-order chi connectivity index (χ0) is 11.0. The summed E-state index contributed by atoms with van der Waals surface area (Å²) in [6, 6.07) is 0. The third kappa shape index (κ3) is 1.97. The van der Waals surface area contributed by atoms with Crippen LogP contribution in [0.4, 0.5) is 13.2 Å². The van der Waals surface area contributed by atoms with Gasteiger partial charge in [-0.25, -0.2) is 4.39 Å². The topological polar surface area (TPSA) is 17.1 Å². The minimum Gasteiger partial charge on any atom is -0.294 e. The first kappa shape index (κ1) is 10.8. The molecular formula is C10H9F3OS. The van der Waals surface area contributed by atoms with E-state index in [2.05, 4.69) is 0 Å². The summed E-state index contributed by atoms with van der Waals surface area (Å²) in [4.78, 5) is 11.7. The number of halogens is 3. The fourth-order valence-electron chi connectivity index (χ4n) is 2.01. The van der Waals surface area contributed by atoms with E-state index in [1.54, 1.807) is 0 Å². The van der Waals surface area contributed by atoms with Crippen molar-refractivity contribution < 1.29 is 18.0 Å². The molecule has 0 bridgehead atoms. The molecule has 0 aliphatic heterocycles. The maximum absolute atomic E-state index is 13.4. The summed E-state index contributed by atoms with van der Waals surface area (Å²) in [6.07, 6.45) is 2.07. The number of hydrogen-bond donors (Lipinski definition) is 0. The molecule has 2 aliphatic rings. The lowest BCUT2D eigenvalue weighted by Crippen LogP contribution is -2.18. The summed E-state index contributed by atoms with van der Waals surface area (Å²) in [5.74, 6) is -3.25. The summed E-state index contributed by atoms with van der Waals surface area (Å²) < 4.78 is 37.7. The molecule has 2 atom stereocenters. The maximum Gasteiger partial charge on any atom is 0.288 e. The van der Waals surface area contributed by atoms with Gasteiger partial charge in [-0.3, -0.25) is 4.79 Å². The zero-order valence-corrected chi connectivity index (χ0v) is 8.57. The van der Waals surface area contributed by atoms with Crippen LogP contribution in [0.3, 0.4) is 0 Å². The minimum atomic E-state index is -2.57. The molecule has 0 spiro atoms. The molecule has 82 valence electrons. The Morgan fingerprint density at radius 3 is 2.87 bits per heavy atom. The van der Waals surface area contributed by atoms with Crippen molar-refractivity contribution in [2.45, 2.75) is 24.8 Å². The van der Waals surface area contributed by atoms with E-state index >= 15 is 0 Å². The van der Waals surface area contributed by atoms with Crippen LogP contribution in [0.1, 0.15) is 12.8 Å². The quantitative estimate of drug-likeness (QED) is 0.730. The number of ketones is 1. The molecule has 0 aromatic heterocycles. The Kier molecular flexibility index (Phi) is 2.91. The lowest BCUT2D eigenvalue weighted by molar-refractivity contribution is -0.114. The molecule has 0 aromatic carbocycles. The highest BCUT2D eigenvalue weighted by atomic mass is 32.2. The zero-order valence-electron chi connectivity index (χ0n) is 7.75. The molecule has 0 heterocycles. The molecule has 1 fully saturated rings. The number of hydrogen-bond acceptors (Lipinski definition) is 2. The number of carbonyl (C=O) groups is 1. The van der Waals surface area contributed by atoms with Gasteiger partial charge in [-0.2, -0.15) is 8.78 Å². The third-order valence-corrected chi connectivity index (χ3v) is 3.44. The van der Waals surface area contributed by atoms with E-state index < -0.39 is 17.8 Å². The minimum absolute atomic E-state index is 0.185. The van der Waals surface area contributed by atoms with E-state index in [1.807, 2.05) is 0 Å². The van der Waals surface area contributed by atoms with Crippen molar-refractivity contribution in [3.8, 4) is 0 Å². The molecule has 0 amide bonds. The summed E-state index contributed by atoms with van der Waals surface area (Å²) in [5, 5.41) is 0. The number of thioether (sulfide) groups is 1. The first-order chi connectivity index (χ1) is 7.09. The number of alkyl halides is 3. The fraction of sp³-hybridized carbons (Fsp3) is 0.500. The Labute approximate surface area is 89.4 Å². The first-order valence-corrected chi connectivity index (χ1v) is 5.52. The van der Waals surface area contributed by atoms with Crippen molar-refractivity contribution in [1.29, 1.82) is 0 Å². The number of allylic oxidation sites excluding steroid dienone is 3. The molecule has 1 saturated carbocycles. The summed E-state index contributed by atoms with van der Waals surface area (Å²) in [6.45, 7) is 0. The van der Waals surface area contributed by atoms with Gasteiger partial charge in [0.2, 0.25) is 0 Å². The standard InChI is InChI=1S/C10H9F3OS/c11-6-2-4-8(15-10(12)13)9-5(6)1-3-7(9)14/h2,4-6,10H,1,3H2. The van der Waals surface area contributed by atoms with Crippen LogP contribution >= 0.6 is 11.8 Å².